The lowest BCUT2D eigenvalue weighted by Gasteiger charge is -2.21. The van der Waals surface area contributed by atoms with Crippen LogP contribution in [-0.2, 0) is 19.0 Å². The molecule has 0 amide bonds. The topological polar surface area (TPSA) is 65.0 Å². The zero-order valence-electron chi connectivity index (χ0n) is 9.56. The molecule has 0 bridgehead atoms. The smallest absolute Gasteiger partial charge is 0.302 e. The summed E-state index contributed by atoms with van der Waals surface area (Å²) in [6.45, 7) is 3.34. The second-order valence-electron chi connectivity index (χ2n) is 3.20. The van der Waals surface area contributed by atoms with Crippen LogP contribution in [0.25, 0.3) is 0 Å². The second kappa shape index (κ2) is 8.64. The normalized spacial score (nSPS) is 14.7. The summed E-state index contributed by atoms with van der Waals surface area (Å²) in [7, 11) is 1.45. The zero-order chi connectivity index (χ0) is 11.7. The van der Waals surface area contributed by atoms with E-state index in [1.54, 1.807) is 0 Å². The summed E-state index contributed by atoms with van der Waals surface area (Å²) in [6.07, 6.45) is 0.786. The third-order valence-corrected chi connectivity index (χ3v) is 1.84. The zero-order valence-corrected chi connectivity index (χ0v) is 9.56. The second-order valence-corrected chi connectivity index (χ2v) is 3.20. The molecule has 0 aromatic carbocycles. The molecular weight excluding hydrogens is 200 g/mol. The van der Waals surface area contributed by atoms with Crippen molar-refractivity contribution in [2.24, 2.45) is 0 Å². The van der Waals surface area contributed by atoms with Crippen LogP contribution in [0, 0.1) is 0 Å². The first-order valence-corrected chi connectivity index (χ1v) is 5.06. The maximum atomic E-state index is 10.6. The van der Waals surface area contributed by atoms with E-state index >= 15 is 0 Å². The highest BCUT2D eigenvalue weighted by atomic mass is 16.7. The summed E-state index contributed by atoms with van der Waals surface area (Å²) in [5, 5.41) is 8.86. The summed E-state index contributed by atoms with van der Waals surface area (Å²) >= 11 is 0. The average molecular weight is 220 g/mol. The van der Waals surface area contributed by atoms with Crippen molar-refractivity contribution in [3.63, 3.8) is 0 Å². The molecule has 0 fully saturated rings. The van der Waals surface area contributed by atoms with E-state index in [1.807, 2.05) is 6.92 Å². The van der Waals surface area contributed by atoms with Gasteiger partial charge in [0, 0.05) is 14.0 Å². The molecule has 15 heavy (non-hydrogen) atoms. The van der Waals surface area contributed by atoms with Crippen LogP contribution in [0.5, 0.6) is 0 Å². The fourth-order valence-electron chi connectivity index (χ4n) is 1.11. The van der Waals surface area contributed by atoms with E-state index in [2.05, 4.69) is 0 Å². The number of methoxy groups -OCH3 is 1. The highest BCUT2D eigenvalue weighted by Gasteiger charge is 2.16. The van der Waals surface area contributed by atoms with Crippen LogP contribution >= 0.6 is 0 Å². The summed E-state index contributed by atoms with van der Waals surface area (Å²) < 4.78 is 15.1. The molecule has 1 N–H and O–H groups in total. The van der Waals surface area contributed by atoms with Crippen molar-refractivity contribution < 1.29 is 24.1 Å². The minimum Gasteiger partial charge on any atom is -0.463 e. The Morgan fingerprint density at radius 1 is 1.47 bits per heavy atom. The Morgan fingerprint density at radius 3 is 2.53 bits per heavy atom. The first-order valence-electron chi connectivity index (χ1n) is 5.06. The lowest BCUT2D eigenvalue weighted by Crippen LogP contribution is -2.30. The van der Waals surface area contributed by atoms with Crippen molar-refractivity contribution in [3.8, 4) is 0 Å². The lowest BCUT2D eigenvalue weighted by molar-refractivity contribution is -0.189. The fourth-order valence-corrected chi connectivity index (χ4v) is 1.11. The van der Waals surface area contributed by atoms with Gasteiger partial charge in [0.05, 0.1) is 12.7 Å². The molecular formula is C10H20O5. The van der Waals surface area contributed by atoms with Gasteiger partial charge in [0.25, 0.3) is 0 Å². The Hall–Kier alpha value is -0.650. The van der Waals surface area contributed by atoms with Gasteiger partial charge in [0.2, 0.25) is 0 Å². The number of aliphatic hydroxyl groups is 1. The van der Waals surface area contributed by atoms with Crippen LogP contribution in [0.4, 0.5) is 0 Å². The highest BCUT2D eigenvalue weighted by molar-refractivity contribution is 5.65. The molecule has 0 spiro atoms. The standard InChI is InChI=1S/C10H20O5/c1-4-5-9(7-14-8(2)12)15-10(6-11)13-3/h9-11H,4-7H2,1-3H3. The van der Waals surface area contributed by atoms with Crippen molar-refractivity contribution in [2.45, 2.75) is 39.1 Å². The van der Waals surface area contributed by atoms with Gasteiger partial charge in [0.1, 0.15) is 6.61 Å². The molecule has 0 heterocycles. The van der Waals surface area contributed by atoms with Crippen molar-refractivity contribution in [2.75, 3.05) is 20.3 Å². The minimum atomic E-state index is -0.655. The Labute approximate surface area is 90.3 Å². The summed E-state index contributed by atoms with van der Waals surface area (Å²) in [4.78, 5) is 10.6. The molecule has 0 saturated heterocycles. The van der Waals surface area contributed by atoms with Crippen LogP contribution < -0.4 is 0 Å². The number of esters is 1. The third kappa shape index (κ3) is 7.30. The molecule has 0 aliphatic heterocycles. The van der Waals surface area contributed by atoms with Gasteiger partial charge >= 0.3 is 5.97 Å². The molecule has 0 aliphatic rings. The quantitative estimate of drug-likeness (QED) is 0.482. The summed E-state index contributed by atoms with van der Waals surface area (Å²) in [5.41, 5.74) is 0. The maximum Gasteiger partial charge on any atom is 0.302 e. The van der Waals surface area contributed by atoms with E-state index in [0.29, 0.717) is 0 Å². The lowest BCUT2D eigenvalue weighted by atomic mass is 10.2. The SMILES string of the molecule is CCCC(COC(C)=O)OC(CO)OC. The van der Waals surface area contributed by atoms with Crippen LogP contribution in [-0.4, -0.2) is 43.8 Å². The number of carbonyl (C=O) groups is 1. The van der Waals surface area contributed by atoms with Gasteiger partial charge in [-0.1, -0.05) is 13.3 Å². The van der Waals surface area contributed by atoms with Gasteiger partial charge in [-0.2, -0.15) is 0 Å². The molecule has 0 radical (unpaired) electrons. The Balaban J connectivity index is 3.95. The average Bonchev–Trinajstić information content (AvgIpc) is 2.22. The molecule has 5 nitrogen and oxygen atoms in total. The molecule has 0 aromatic rings. The summed E-state index contributed by atoms with van der Waals surface area (Å²) in [5.74, 6) is -0.335. The van der Waals surface area contributed by atoms with E-state index in [4.69, 9.17) is 19.3 Å². The number of hydrogen-bond donors (Lipinski definition) is 1. The predicted octanol–water partition coefficient (Wildman–Crippen LogP) is 0.700. The van der Waals surface area contributed by atoms with Gasteiger partial charge < -0.3 is 19.3 Å². The number of aliphatic hydroxyl groups excluding tert-OH is 1. The van der Waals surface area contributed by atoms with E-state index in [9.17, 15) is 4.79 Å². The number of hydrogen-bond acceptors (Lipinski definition) is 5. The maximum absolute atomic E-state index is 10.6. The van der Waals surface area contributed by atoms with E-state index in [1.165, 1.54) is 14.0 Å². The third-order valence-electron chi connectivity index (χ3n) is 1.84. The van der Waals surface area contributed by atoms with Crippen molar-refractivity contribution in [3.05, 3.63) is 0 Å². The fraction of sp³-hybridized carbons (Fsp3) is 0.900. The highest BCUT2D eigenvalue weighted by Crippen LogP contribution is 2.07. The van der Waals surface area contributed by atoms with Gasteiger partial charge in [-0.25, -0.2) is 0 Å². The van der Waals surface area contributed by atoms with E-state index in [-0.39, 0.29) is 25.3 Å². The molecule has 5 heteroatoms. The van der Waals surface area contributed by atoms with Gasteiger partial charge in [0.15, 0.2) is 6.29 Å². The first-order chi connectivity index (χ1) is 7.13. The predicted molar refractivity (Wildman–Crippen MR) is 54.3 cm³/mol. The minimum absolute atomic E-state index is 0.197. The Morgan fingerprint density at radius 2 is 2.13 bits per heavy atom. The molecule has 2 unspecified atom stereocenters. The Bertz CT molecular complexity index is 167. The van der Waals surface area contributed by atoms with Gasteiger partial charge in [-0.15, -0.1) is 0 Å². The Kier molecular flexibility index (Phi) is 8.27. The monoisotopic (exact) mass is 220 g/mol. The number of ether oxygens (including phenoxy) is 3. The molecule has 0 aromatic heterocycles. The van der Waals surface area contributed by atoms with Gasteiger partial charge in [-0.3, -0.25) is 4.79 Å². The van der Waals surface area contributed by atoms with E-state index < -0.39 is 6.29 Å². The van der Waals surface area contributed by atoms with Gasteiger partial charge in [-0.05, 0) is 6.42 Å². The molecule has 0 saturated carbocycles. The largest absolute Gasteiger partial charge is 0.463 e. The molecule has 2 atom stereocenters. The first kappa shape index (κ1) is 14.3. The van der Waals surface area contributed by atoms with Crippen LogP contribution in [0.2, 0.25) is 0 Å². The molecule has 90 valence electrons. The van der Waals surface area contributed by atoms with Crippen molar-refractivity contribution >= 4 is 5.97 Å². The van der Waals surface area contributed by atoms with Crippen molar-refractivity contribution in [1.82, 2.24) is 0 Å². The van der Waals surface area contributed by atoms with E-state index in [0.717, 1.165) is 12.8 Å². The molecule has 0 rings (SSSR count). The van der Waals surface area contributed by atoms with Crippen molar-refractivity contribution in [1.29, 1.82) is 0 Å². The summed E-state index contributed by atoms with van der Waals surface area (Å²) in [6, 6.07) is 0. The molecule has 0 aliphatic carbocycles. The van der Waals surface area contributed by atoms with Crippen LogP contribution in [0.1, 0.15) is 26.7 Å². The number of carbonyl (C=O) groups excluding carboxylic acids is 1. The number of rotatable bonds is 8. The van der Waals surface area contributed by atoms with Crippen LogP contribution in [0.3, 0.4) is 0 Å². The van der Waals surface area contributed by atoms with Crippen LogP contribution in [0.15, 0.2) is 0 Å².